The molecule has 0 spiro atoms. The summed E-state index contributed by atoms with van der Waals surface area (Å²) in [4.78, 5) is 25.0. The summed E-state index contributed by atoms with van der Waals surface area (Å²) < 4.78 is 16.6. The molecule has 402 valence electrons. The lowest BCUT2D eigenvalue weighted by molar-refractivity contribution is -0.302. The van der Waals surface area contributed by atoms with Gasteiger partial charge in [-0.05, 0) is 89.9 Å². The first-order valence-electron chi connectivity index (χ1n) is 28.4. The Morgan fingerprint density at radius 3 is 1.51 bits per heavy atom. The Morgan fingerprint density at radius 1 is 0.536 bits per heavy atom. The van der Waals surface area contributed by atoms with Gasteiger partial charge in [0.25, 0.3) is 0 Å². The topological polar surface area (TPSA) is 175 Å². The summed E-state index contributed by atoms with van der Waals surface area (Å²) in [5, 5.41) is 54.1. The molecule has 0 bridgehead atoms. The minimum Gasteiger partial charge on any atom is -0.466 e. The molecular formula is C58H105NO10. The Bertz CT molecular complexity index is 1290. The molecule has 1 saturated heterocycles. The fourth-order valence-electron chi connectivity index (χ4n) is 8.57. The van der Waals surface area contributed by atoms with Crippen molar-refractivity contribution in [1.29, 1.82) is 0 Å². The van der Waals surface area contributed by atoms with Crippen LogP contribution in [0, 0.1) is 0 Å². The van der Waals surface area contributed by atoms with Crippen LogP contribution in [0.4, 0.5) is 0 Å². The van der Waals surface area contributed by atoms with Gasteiger partial charge in [0.15, 0.2) is 6.29 Å². The molecule has 1 amide bonds. The van der Waals surface area contributed by atoms with Crippen LogP contribution in [-0.4, -0.2) is 100 Å². The normalized spacial score (nSPS) is 19.7. The Labute approximate surface area is 421 Å². The van der Waals surface area contributed by atoms with Crippen molar-refractivity contribution in [2.24, 2.45) is 0 Å². The van der Waals surface area contributed by atoms with E-state index in [1.807, 2.05) is 6.08 Å². The lowest BCUT2D eigenvalue weighted by Gasteiger charge is -2.40. The maximum absolute atomic E-state index is 13.0. The number of aliphatic hydroxyl groups excluding tert-OH is 5. The van der Waals surface area contributed by atoms with Gasteiger partial charge in [-0.25, -0.2) is 0 Å². The second-order valence-corrected chi connectivity index (χ2v) is 19.6. The number of unbranched alkanes of at least 4 members (excludes halogenated alkanes) is 28. The molecule has 0 aliphatic carbocycles. The average molecular weight is 976 g/mol. The summed E-state index contributed by atoms with van der Waals surface area (Å²) in [6.07, 6.45) is 49.2. The van der Waals surface area contributed by atoms with Gasteiger partial charge in [0, 0.05) is 12.8 Å². The first-order chi connectivity index (χ1) is 33.7. The van der Waals surface area contributed by atoms with Crippen molar-refractivity contribution in [3.8, 4) is 0 Å². The molecule has 0 saturated carbocycles. The van der Waals surface area contributed by atoms with E-state index in [1.165, 1.54) is 122 Å². The van der Waals surface area contributed by atoms with E-state index >= 15 is 0 Å². The molecule has 69 heavy (non-hydrogen) atoms. The SMILES string of the molecule is CCCCC/C=C\C/C=C\CCCCCCCC(=O)OCCCCCCCC/C=C\CCCCCCCCCC(=O)NC(COC1OC(CO)C(O)C(O)C1O)C(O)/C=C/CCCCCCCCC. The number of carbonyl (C=O) groups excluding carboxylic acids is 2. The number of carbonyl (C=O) groups is 2. The second kappa shape index (κ2) is 47.9. The zero-order valence-electron chi connectivity index (χ0n) is 44.0. The summed E-state index contributed by atoms with van der Waals surface area (Å²) in [7, 11) is 0. The third-order valence-electron chi connectivity index (χ3n) is 13.2. The first kappa shape index (κ1) is 64.6. The molecule has 7 unspecified atom stereocenters. The Hall–Kier alpha value is -2.38. The summed E-state index contributed by atoms with van der Waals surface area (Å²) >= 11 is 0. The fraction of sp³-hybridized carbons (Fsp3) is 0.828. The van der Waals surface area contributed by atoms with Crippen molar-refractivity contribution in [2.45, 2.75) is 288 Å². The van der Waals surface area contributed by atoms with Crippen LogP contribution < -0.4 is 5.32 Å². The van der Waals surface area contributed by atoms with Gasteiger partial charge in [-0.3, -0.25) is 9.59 Å². The van der Waals surface area contributed by atoms with Gasteiger partial charge in [-0.1, -0.05) is 191 Å². The van der Waals surface area contributed by atoms with Crippen LogP contribution in [-0.2, 0) is 23.8 Å². The molecule has 11 heteroatoms. The molecule has 1 aliphatic rings. The van der Waals surface area contributed by atoms with Gasteiger partial charge in [-0.15, -0.1) is 0 Å². The summed E-state index contributed by atoms with van der Waals surface area (Å²) in [6, 6.07) is -0.818. The summed E-state index contributed by atoms with van der Waals surface area (Å²) in [5.41, 5.74) is 0. The summed E-state index contributed by atoms with van der Waals surface area (Å²) in [6.45, 7) is 4.24. The van der Waals surface area contributed by atoms with Crippen molar-refractivity contribution < 1.29 is 49.3 Å². The third kappa shape index (κ3) is 38.0. The van der Waals surface area contributed by atoms with Crippen LogP contribution in [0.5, 0.6) is 0 Å². The van der Waals surface area contributed by atoms with E-state index in [4.69, 9.17) is 14.2 Å². The Kier molecular flexibility index (Phi) is 44.9. The number of allylic oxidation sites excluding steroid dienone is 7. The molecule has 6 N–H and O–H groups in total. The highest BCUT2D eigenvalue weighted by Gasteiger charge is 2.44. The van der Waals surface area contributed by atoms with Crippen LogP contribution >= 0.6 is 0 Å². The maximum Gasteiger partial charge on any atom is 0.305 e. The van der Waals surface area contributed by atoms with Gasteiger partial charge in [0.2, 0.25) is 5.91 Å². The quantitative estimate of drug-likeness (QED) is 0.0196. The van der Waals surface area contributed by atoms with Crippen molar-refractivity contribution in [1.82, 2.24) is 5.32 Å². The molecular weight excluding hydrogens is 871 g/mol. The maximum atomic E-state index is 13.0. The standard InChI is InChI=1S/C58H105NO10/c1-3-5-7-9-11-13-14-15-19-23-26-30-34-38-42-46-54(63)67-47-43-39-35-31-27-24-21-18-16-17-20-22-25-29-33-37-41-45-53(62)59-50(51(61)44-40-36-32-28-12-10-8-6-4-2)49-68-58-57(66)56(65)55(64)52(48-60)69-58/h11,13,15-16,18-19,40,44,50-52,55-58,60-61,64-66H,3-10,12,14,17,20-39,41-43,45-49H2,1-2H3,(H,59,62)/b13-11-,18-16-,19-15-,44-40+. The van der Waals surface area contributed by atoms with Gasteiger partial charge in [0.1, 0.15) is 24.4 Å². The van der Waals surface area contributed by atoms with E-state index < -0.39 is 49.5 Å². The number of amides is 1. The van der Waals surface area contributed by atoms with Crippen molar-refractivity contribution in [3.05, 3.63) is 48.6 Å². The van der Waals surface area contributed by atoms with E-state index in [1.54, 1.807) is 6.08 Å². The lowest BCUT2D eigenvalue weighted by Crippen LogP contribution is -2.60. The van der Waals surface area contributed by atoms with Crippen LogP contribution in [0.3, 0.4) is 0 Å². The minimum absolute atomic E-state index is 0.0335. The van der Waals surface area contributed by atoms with E-state index in [0.29, 0.717) is 19.4 Å². The highest BCUT2D eigenvalue weighted by atomic mass is 16.7. The first-order valence-corrected chi connectivity index (χ1v) is 28.4. The highest BCUT2D eigenvalue weighted by molar-refractivity contribution is 5.76. The van der Waals surface area contributed by atoms with Crippen LogP contribution in [0.1, 0.15) is 245 Å². The molecule has 0 aromatic rings. The number of aliphatic hydroxyl groups is 5. The molecule has 0 radical (unpaired) electrons. The van der Waals surface area contributed by atoms with E-state index in [2.05, 4.69) is 55.6 Å². The van der Waals surface area contributed by atoms with Crippen molar-refractivity contribution in [2.75, 3.05) is 19.8 Å². The smallest absolute Gasteiger partial charge is 0.305 e. The average Bonchev–Trinajstić information content (AvgIpc) is 3.34. The van der Waals surface area contributed by atoms with Crippen LogP contribution in [0.15, 0.2) is 48.6 Å². The molecule has 7 atom stereocenters. The largest absolute Gasteiger partial charge is 0.466 e. The number of rotatable bonds is 48. The molecule has 0 aromatic heterocycles. The Morgan fingerprint density at radius 2 is 0.971 bits per heavy atom. The summed E-state index contributed by atoms with van der Waals surface area (Å²) in [5.74, 6) is -0.231. The van der Waals surface area contributed by atoms with Gasteiger partial charge in [0.05, 0.1) is 32.0 Å². The molecule has 0 aromatic carbocycles. The lowest BCUT2D eigenvalue weighted by atomic mass is 9.99. The minimum atomic E-state index is -1.58. The zero-order valence-corrected chi connectivity index (χ0v) is 44.0. The van der Waals surface area contributed by atoms with E-state index in [9.17, 15) is 35.1 Å². The van der Waals surface area contributed by atoms with Crippen LogP contribution in [0.25, 0.3) is 0 Å². The van der Waals surface area contributed by atoms with E-state index in [0.717, 1.165) is 96.3 Å². The number of nitrogens with one attached hydrogen (secondary N) is 1. The third-order valence-corrected chi connectivity index (χ3v) is 13.2. The van der Waals surface area contributed by atoms with Gasteiger partial charge in [-0.2, -0.15) is 0 Å². The number of ether oxygens (including phenoxy) is 3. The monoisotopic (exact) mass is 976 g/mol. The van der Waals surface area contributed by atoms with Crippen LogP contribution in [0.2, 0.25) is 0 Å². The number of hydrogen-bond donors (Lipinski definition) is 6. The number of hydrogen-bond acceptors (Lipinski definition) is 10. The van der Waals surface area contributed by atoms with Crippen molar-refractivity contribution >= 4 is 11.9 Å². The molecule has 1 fully saturated rings. The van der Waals surface area contributed by atoms with E-state index in [-0.39, 0.29) is 18.5 Å². The predicted molar refractivity (Wildman–Crippen MR) is 283 cm³/mol. The molecule has 1 rings (SSSR count). The number of esters is 1. The highest BCUT2D eigenvalue weighted by Crippen LogP contribution is 2.23. The Balaban J connectivity index is 2.07. The molecule has 1 aliphatic heterocycles. The second-order valence-electron chi connectivity index (χ2n) is 19.6. The predicted octanol–water partition coefficient (Wildman–Crippen LogP) is 12.5. The van der Waals surface area contributed by atoms with Gasteiger partial charge < -0.3 is 45.1 Å². The molecule has 11 nitrogen and oxygen atoms in total. The molecule has 1 heterocycles. The zero-order chi connectivity index (χ0) is 50.3. The fourth-order valence-corrected chi connectivity index (χ4v) is 8.57. The van der Waals surface area contributed by atoms with Crippen molar-refractivity contribution in [3.63, 3.8) is 0 Å². The van der Waals surface area contributed by atoms with Gasteiger partial charge >= 0.3 is 5.97 Å².